The maximum atomic E-state index is 14.2. The van der Waals surface area contributed by atoms with Gasteiger partial charge in [-0.2, -0.15) is 40.9 Å². The number of aryl methyl sites for hydroxylation is 4. The first-order valence-corrected chi connectivity index (χ1v) is 50.8. The molecule has 0 saturated carbocycles. The van der Waals surface area contributed by atoms with E-state index in [9.17, 15) is 38.4 Å². The van der Waals surface area contributed by atoms with Crippen molar-refractivity contribution < 1.29 is 95.2 Å². The lowest BCUT2D eigenvalue weighted by atomic mass is 9.80. The number of hydrogen-bond donors (Lipinski definition) is 0. The lowest BCUT2D eigenvalue weighted by Gasteiger charge is -2.28. The van der Waals surface area contributed by atoms with Gasteiger partial charge in [-0.05, 0) is 293 Å². The quantitative estimate of drug-likeness (QED) is 0.0148. The summed E-state index contributed by atoms with van der Waals surface area (Å²) in [7, 11) is 0. The van der Waals surface area contributed by atoms with E-state index in [2.05, 4.69) is 117 Å². The molecule has 768 valence electrons. The van der Waals surface area contributed by atoms with Gasteiger partial charge in [0.25, 0.3) is 0 Å². The van der Waals surface area contributed by atoms with Crippen LogP contribution in [0, 0.1) is 0 Å². The fourth-order valence-electron chi connectivity index (χ4n) is 17.6. The molecule has 148 heavy (non-hydrogen) atoms. The summed E-state index contributed by atoms with van der Waals surface area (Å²) in [6.07, 6.45) is 12.0. The van der Waals surface area contributed by atoms with Crippen molar-refractivity contribution in [2.24, 2.45) is 40.9 Å². The van der Waals surface area contributed by atoms with Gasteiger partial charge in [0, 0.05) is 150 Å². The topological polar surface area (TPSA) is 346 Å². The molecule has 0 radical (unpaired) electrons. The highest BCUT2D eigenvalue weighted by Gasteiger charge is 2.35. The van der Waals surface area contributed by atoms with Crippen molar-refractivity contribution in [3.63, 3.8) is 0 Å². The van der Waals surface area contributed by atoms with E-state index in [-0.39, 0.29) is 149 Å². The third kappa shape index (κ3) is 33.0. The number of benzene rings is 12. The molecular formula is C120H128N8O20. The first kappa shape index (κ1) is 109. The molecule has 28 heteroatoms. The minimum absolute atomic E-state index is 0.0203. The zero-order chi connectivity index (χ0) is 105. The zero-order valence-electron chi connectivity index (χ0n) is 86.3. The second-order valence-electron chi connectivity index (χ2n) is 36.4. The lowest BCUT2D eigenvalue weighted by molar-refractivity contribution is -0.133. The first-order valence-electron chi connectivity index (χ1n) is 50.8. The van der Waals surface area contributed by atoms with E-state index in [4.69, 9.17) is 56.8 Å². The molecule has 0 aromatic heterocycles. The van der Waals surface area contributed by atoms with Gasteiger partial charge >= 0.3 is 47.8 Å². The monoisotopic (exact) mass is 2000 g/mol. The largest absolute Gasteiger partial charge is 0.494 e. The summed E-state index contributed by atoms with van der Waals surface area (Å²) >= 11 is 0. The number of esters is 8. The van der Waals surface area contributed by atoms with E-state index >= 15 is 0 Å². The normalized spacial score (nSPS) is 11.8. The lowest BCUT2D eigenvalue weighted by Crippen LogP contribution is -2.19. The summed E-state index contributed by atoms with van der Waals surface area (Å²) in [5, 5.41) is 36.2. The highest BCUT2D eigenvalue weighted by atomic mass is 16.6. The van der Waals surface area contributed by atoms with Crippen molar-refractivity contribution in [3.8, 4) is 69.0 Å². The van der Waals surface area contributed by atoms with Crippen LogP contribution in [0.2, 0.25) is 0 Å². The minimum atomic E-state index is -0.790. The van der Waals surface area contributed by atoms with Crippen LogP contribution >= 0.6 is 0 Å². The van der Waals surface area contributed by atoms with Gasteiger partial charge in [0.2, 0.25) is 0 Å². The van der Waals surface area contributed by atoms with Crippen molar-refractivity contribution in [1.82, 2.24) is 0 Å². The van der Waals surface area contributed by atoms with Crippen molar-refractivity contribution >= 4 is 93.3 Å². The fourth-order valence-corrected chi connectivity index (χ4v) is 17.6. The molecule has 12 aromatic rings. The molecule has 0 fully saturated rings. The van der Waals surface area contributed by atoms with Crippen LogP contribution in [0.15, 0.2) is 259 Å². The Kier molecular flexibility index (Phi) is 40.9. The molecular weight excluding hydrogens is 1870 g/mol. The number of ether oxygens (including phenoxy) is 12. The molecule has 0 saturated heterocycles. The Morgan fingerprint density at radius 3 is 0.473 bits per heavy atom. The van der Waals surface area contributed by atoms with Crippen molar-refractivity contribution in [1.29, 1.82) is 0 Å². The maximum Gasteiger partial charge on any atom is 0.308 e. The molecule has 0 spiro atoms. The SMILES string of the molecule is CCCCc1ccc(N=Nc2ccc(OCCCc3c4c(OC(C)=O)cc(OC(C)=O)c3Cc3c(OC(C)=O)cc(OC(C)=O)c(c3CCCOc3ccc(N=Nc5ccc(CCCC)cc5)cc3)Cc3c(OC(C)=O)cc(OC(C)=O)c(c3CCCOc3ccc(N=Nc5ccc(CCCC)cc5)cc3)Cc3c(OC(C)=O)cc(OC(C)=O)c(c3CCCOc3ccc(N=Nc5ccc(CCCC)cc5)cc3)C4)cc2)cc1. The number of fused-ring (bicyclic) bond motifs is 8. The number of hydrogen-bond acceptors (Lipinski definition) is 28. The molecule has 0 unspecified atom stereocenters. The van der Waals surface area contributed by atoms with Crippen LogP contribution in [-0.4, -0.2) is 74.2 Å². The highest BCUT2D eigenvalue weighted by molar-refractivity contribution is 5.80. The Hall–Kier alpha value is -16.0. The van der Waals surface area contributed by atoms with Gasteiger partial charge in [0.1, 0.15) is 69.0 Å². The molecule has 1 aliphatic rings. The molecule has 13 rings (SSSR count). The predicted octanol–water partition coefficient (Wildman–Crippen LogP) is 28.8. The second-order valence-corrected chi connectivity index (χ2v) is 36.4. The number of unbranched alkanes of at least 4 members (excludes halogenated alkanes) is 4. The van der Waals surface area contributed by atoms with Gasteiger partial charge in [-0.25, -0.2) is 0 Å². The molecule has 0 atom stereocenters. The third-order valence-corrected chi connectivity index (χ3v) is 24.6. The Morgan fingerprint density at radius 2 is 0.338 bits per heavy atom. The van der Waals surface area contributed by atoms with E-state index in [0.29, 0.717) is 135 Å². The number of nitrogens with zero attached hydrogens (tertiary/aromatic N) is 8. The van der Waals surface area contributed by atoms with Crippen LogP contribution < -0.4 is 56.8 Å². The molecule has 0 heterocycles. The summed E-state index contributed by atoms with van der Waals surface area (Å²) in [5.41, 5.74) is 13.8. The van der Waals surface area contributed by atoms with Crippen molar-refractivity contribution in [2.45, 2.75) is 237 Å². The zero-order valence-corrected chi connectivity index (χ0v) is 86.3. The smallest absolute Gasteiger partial charge is 0.308 e. The summed E-state index contributed by atoms with van der Waals surface area (Å²) in [6.45, 7) is 18.5. The van der Waals surface area contributed by atoms with Crippen molar-refractivity contribution in [3.05, 3.63) is 307 Å². The van der Waals surface area contributed by atoms with Gasteiger partial charge in [0.15, 0.2) is 0 Å². The fraction of sp³-hybridized carbons (Fsp3) is 0.333. The van der Waals surface area contributed by atoms with E-state index in [1.54, 1.807) is 97.1 Å². The maximum absolute atomic E-state index is 14.2. The molecule has 0 amide bonds. The Morgan fingerprint density at radius 1 is 0.196 bits per heavy atom. The average molecular weight is 2000 g/mol. The Balaban J connectivity index is 1.01. The third-order valence-electron chi connectivity index (χ3n) is 24.6. The van der Waals surface area contributed by atoms with Crippen LogP contribution in [0.4, 0.5) is 45.5 Å². The molecule has 0 aliphatic heterocycles. The Labute approximate surface area is 864 Å². The number of azo groups is 4. The summed E-state index contributed by atoms with van der Waals surface area (Å²) < 4.78 is 78.0. The van der Waals surface area contributed by atoms with Crippen LogP contribution in [0.5, 0.6) is 69.0 Å². The van der Waals surface area contributed by atoms with Gasteiger partial charge in [-0.1, -0.05) is 102 Å². The van der Waals surface area contributed by atoms with Gasteiger partial charge in [0.05, 0.1) is 71.9 Å². The summed E-state index contributed by atoms with van der Waals surface area (Å²) in [4.78, 5) is 114. The van der Waals surface area contributed by atoms with E-state index in [1.165, 1.54) is 102 Å². The van der Waals surface area contributed by atoms with Crippen molar-refractivity contribution in [2.75, 3.05) is 26.4 Å². The molecule has 0 N–H and O–H groups in total. The standard InChI is InChI=1S/C120H128N8O20/c1-13-17-25-85-33-41-89(42-34-85)121-125-93-49-57-97(58-50-93)137-65-21-29-101-105-69-107-102(30-22-66-138-98-59-51-94(52-60-98)126-122-90-43-35-86(36-44-90)26-18-14-2)109(117(145-81(9)133)74-115(107)143-79(7)131)71-111-104(32-24-68-140-100-63-55-96(56-64-100)128-124-92-47-39-88(40-48-92)28-20-16-4)112(120(148-84(12)136)76-119(111)147-83(11)135)72-110-103(31-23-67-139-99-61-53-95(54-62-99)127-123-91-45-37-87(38-46-91)27-19-15-3)108(116(144-80(8)132)75-118(110)146-82(10)134)70-106(101)114(142-78(6)130)73-113(105)141-77(5)129/h33-64,73-76H,13-32,65-72H2,1-12H3. The van der Waals surface area contributed by atoms with Gasteiger partial charge < -0.3 is 56.8 Å². The summed E-state index contributed by atoms with van der Waals surface area (Å²) in [6, 6.07) is 66.1. The van der Waals surface area contributed by atoms with Gasteiger partial charge in [-0.15, -0.1) is 0 Å². The minimum Gasteiger partial charge on any atom is -0.494 e. The molecule has 28 nitrogen and oxygen atoms in total. The summed E-state index contributed by atoms with van der Waals surface area (Å²) in [5.74, 6) is -5.21. The van der Waals surface area contributed by atoms with Crippen LogP contribution in [-0.2, 0) is 115 Å². The average Bonchev–Trinajstić information content (AvgIpc) is 0.740. The van der Waals surface area contributed by atoms with Gasteiger partial charge in [-0.3, -0.25) is 38.4 Å². The number of carbonyl (C=O) groups is 8. The van der Waals surface area contributed by atoms with Crippen LogP contribution in [0.3, 0.4) is 0 Å². The number of carbonyl (C=O) groups excluding carboxylic acids is 8. The predicted molar refractivity (Wildman–Crippen MR) is 565 cm³/mol. The van der Waals surface area contributed by atoms with E-state index in [1.807, 2.05) is 48.5 Å². The number of rotatable bonds is 48. The van der Waals surface area contributed by atoms with E-state index in [0.717, 1.165) is 77.0 Å². The van der Waals surface area contributed by atoms with E-state index < -0.39 is 47.8 Å². The first-order chi connectivity index (χ1) is 71.7. The molecule has 1 aliphatic carbocycles. The van der Waals surface area contributed by atoms with Crippen LogP contribution in [0.1, 0.15) is 249 Å². The molecule has 12 aromatic carbocycles. The second kappa shape index (κ2) is 55.3. The van der Waals surface area contributed by atoms with Crippen LogP contribution in [0.25, 0.3) is 0 Å². The highest BCUT2D eigenvalue weighted by Crippen LogP contribution is 2.50. The Bertz CT molecular complexity index is 5770. The molecule has 8 bridgehead atoms.